The molecule has 0 aromatic heterocycles. The molecule has 0 fully saturated rings. The number of phenols is 1. The molecule has 1 N–H and O–H groups in total. The van der Waals surface area contributed by atoms with Gasteiger partial charge in [-0.3, -0.25) is 4.57 Å². The topological polar surface area (TPSA) is 65.0 Å². The van der Waals surface area contributed by atoms with Crippen LogP contribution in [0.1, 0.15) is 117 Å². The maximum Gasteiger partial charge on any atom is 0.282 e. The molecule has 0 amide bonds. The van der Waals surface area contributed by atoms with Gasteiger partial charge in [0.25, 0.3) is 15.7 Å². The molecule has 0 saturated carbocycles. The third-order valence-electron chi connectivity index (χ3n) is 10.5. The third kappa shape index (κ3) is 9.79. The van der Waals surface area contributed by atoms with Gasteiger partial charge in [-0.2, -0.15) is 0 Å². The summed E-state index contributed by atoms with van der Waals surface area (Å²) in [6.45, 7) is 15.6. The van der Waals surface area contributed by atoms with Crippen LogP contribution in [0.5, 0.6) is 17.2 Å². The van der Waals surface area contributed by atoms with Crippen molar-refractivity contribution in [3.8, 4) is 39.5 Å². The lowest BCUT2D eigenvalue weighted by atomic mass is 9.78. The number of phenolic OH excluding ortho intramolecular Hbond substituents is 1. The van der Waals surface area contributed by atoms with E-state index in [1.54, 1.807) is 0 Å². The van der Waals surface area contributed by atoms with Crippen molar-refractivity contribution in [2.24, 2.45) is 0 Å². The Morgan fingerprint density at radius 1 is 0.625 bits per heavy atom. The van der Waals surface area contributed by atoms with Gasteiger partial charge in [-0.15, -0.1) is 0 Å². The highest BCUT2D eigenvalue weighted by molar-refractivity contribution is 7.67. The minimum absolute atomic E-state index is 0.244. The molecule has 2 atom stereocenters. The number of hydrogen-bond donors (Lipinski definition) is 1. The molecule has 2 aliphatic rings. The first-order valence-corrected chi connectivity index (χ1v) is 23.4. The van der Waals surface area contributed by atoms with E-state index < -0.39 is 15.7 Å². The highest BCUT2D eigenvalue weighted by Gasteiger charge is 2.37. The number of hydrogen-bond acceptors (Lipinski definition) is 5. The van der Waals surface area contributed by atoms with Gasteiger partial charge in [-0.1, -0.05) is 178 Å². The van der Waals surface area contributed by atoms with Crippen LogP contribution in [0.4, 0.5) is 0 Å². The average Bonchev–Trinajstić information content (AvgIpc) is 3.17. The van der Waals surface area contributed by atoms with Gasteiger partial charge in [0.05, 0.1) is 23.4 Å². The predicted molar refractivity (Wildman–Crippen MR) is 237 cm³/mol. The summed E-state index contributed by atoms with van der Waals surface area (Å²) in [5.41, 5.74) is 6.54. The molecule has 296 valence electrons. The maximum absolute atomic E-state index is 14.3. The second-order valence-electron chi connectivity index (χ2n) is 17.1. The molecular formula is C49H60O5P2. The summed E-state index contributed by atoms with van der Waals surface area (Å²) in [4.78, 5) is 0. The zero-order chi connectivity index (χ0) is 39.9. The molecular weight excluding hydrogens is 730 g/mol. The van der Waals surface area contributed by atoms with E-state index in [0.717, 1.165) is 51.9 Å². The monoisotopic (exact) mass is 790 g/mol. The van der Waals surface area contributed by atoms with Gasteiger partial charge in [-0.25, -0.2) is 0 Å². The number of rotatable bonds is 12. The van der Waals surface area contributed by atoms with E-state index in [0.29, 0.717) is 11.5 Å². The van der Waals surface area contributed by atoms with Gasteiger partial charge in [0, 0.05) is 11.1 Å². The Morgan fingerprint density at radius 3 is 1.75 bits per heavy atom. The Hall–Kier alpha value is -3.88. The van der Waals surface area contributed by atoms with Crippen molar-refractivity contribution in [2.75, 3.05) is 6.61 Å². The molecule has 0 saturated heterocycles. The minimum atomic E-state index is -3.20. The average molecular weight is 791 g/mol. The maximum atomic E-state index is 14.3. The standard InChI is InChI=1S/C27H31O3P.C22H29O2P/c1-26(2,3)21-15-18(16-22(25(21)28)27(4,5)6)17-31(29)24-14-10-8-12-20(24)19-11-7-9-13-23(19)30-31;1-2-3-4-5-6-7-8-13-18-23-25-22-17-12-10-15-20(22)19-14-9-11-16-21(19)24-25/h7-16,28H,17H2,1-6H3;9-12,14-17H,2-8,13,18H2,1H3. The van der Waals surface area contributed by atoms with Crippen LogP contribution < -0.4 is 19.7 Å². The summed E-state index contributed by atoms with van der Waals surface area (Å²) in [6, 6.07) is 36.3. The zero-order valence-electron chi connectivity index (χ0n) is 34.4. The molecule has 7 rings (SSSR count). The van der Waals surface area contributed by atoms with Gasteiger partial charge in [0.15, 0.2) is 0 Å². The first-order chi connectivity index (χ1) is 26.8. The fourth-order valence-electron chi connectivity index (χ4n) is 7.51. The van der Waals surface area contributed by atoms with Crippen LogP contribution in [0, 0.1) is 0 Å². The quantitative estimate of drug-likeness (QED) is 0.101. The fourth-order valence-corrected chi connectivity index (χ4v) is 11.4. The van der Waals surface area contributed by atoms with E-state index in [2.05, 4.69) is 84.9 Å². The van der Waals surface area contributed by atoms with Crippen molar-refractivity contribution in [3.63, 3.8) is 0 Å². The lowest BCUT2D eigenvalue weighted by Gasteiger charge is -2.31. The van der Waals surface area contributed by atoms with E-state index in [1.807, 2.05) is 72.8 Å². The van der Waals surface area contributed by atoms with Crippen molar-refractivity contribution in [3.05, 3.63) is 126 Å². The number of fused-ring (bicyclic) bond motifs is 6. The van der Waals surface area contributed by atoms with Crippen LogP contribution in [0.15, 0.2) is 109 Å². The summed E-state index contributed by atoms with van der Waals surface area (Å²) in [6.07, 6.45) is 10.8. The predicted octanol–water partition coefficient (Wildman–Crippen LogP) is 14.0. The molecule has 2 unspecified atom stereocenters. The van der Waals surface area contributed by atoms with E-state index in [9.17, 15) is 9.67 Å². The SMILES string of the molecule is CC(C)(C)c1cc(CP2(=O)Oc3ccccc3-c3ccccc32)cc(C(C)(C)C)c1O.CCCCCCCCCCOP1Oc2ccccc2-c2ccccc21. The molecule has 2 heterocycles. The smallest absolute Gasteiger partial charge is 0.282 e. The van der Waals surface area contributed by atoms with Crippen LogP contribution in [0.2, 0.25) is 0 Å². The highest BCUT2D eigenvalue weighted by atomic mass is 31.2. The van der Waals surface area contributed by atoms with Gasteiger partial charge in [0.2, 0.25) is 0 Å². The lowest BCUT2D eigenvalue weighted by molar-refractivity contribution is 0.307. The lowest BCUT2D eigenvalue weighted by Crippen LogP contribution is -2.21. The summed E-state index contributed by atoms with van der Waals surface area (Å²) in [5, 5.41) is 13.0. The van der Waals surface area contributed by atoms with Gasteiger partial charge in [-0.05, 0) is 69.3 Å². The number of para-hydroxylation sites is 2. The number of unbranched alkanes of at least 4 members (excludes halogenated alkanes) is 7. The van der Waals surface area contributed by atoms with Gasteiger partial charge < -0.3 is 18.7 Å². The van der Waals surface area contributed by atoms with Crippen LogP contribution in [-0.4, -0.2) is 11.7 Å². The Balaban J connectivity index is 0.000000194. The molecule has 5 aromatic carbocycles. The molecule has 56 heavy (non-hydrogen) atoms. The minimum Gasteiger partial charge on any atom is -0.507 e. The van der Waals surface area contributed by atoms with Crippen LogP contribution in [0.25, 0.3) is 22.3 Å². The van der Waals surface area contributed by atoms with Gasteiger partial charge >= 0.3 is 0 Å². The van der Waals surface area contributed by atoms with Crippen molar-refractivity contribution in [2.45, 2.75) is 117 Å². The first kappa shape index (κ1) is 41.7. The van der Waals surface area contributed by atoms with E-state index in [4.69, 9.17) is 13.6 Å². The van der Waals surface area contributed by atoms with Crippen LogP contribution in [0.3, 0.4) is 0 Å². The second-order valence-corrected chi connectivity index (χ2v) is 20.9. The number of benzene rings is 5. The summed E-state index contributed by atoms with van der Waals surface area (Å²) >= 11 is 0. The summed E-state index contributed by atoms with van der Waals surface area (Å²) < 4.78 is 32.9. The normalized spacial score (nSPS) is 16.9. The van der Waals surface area contributed by atoms with Crippen molar-refractivity contribution in [1.82, 2.24) is 0 Å². The van der Waals surface area contributed by atoms with E-state index in [1.165, 1.54) is 61.4 Å². The van der Waals surface area contributed by atoms with E-state index in [-0.39, 0.29) is 17.0 Å². The van der Waals surface area contributed by atoms with E-state index >= 15 is 0 Å². The highest BCUT2D eigenvalue weighted by Crippen LogP contribution is 2.57. The Kier molecular flexibility index (Phi) is 13.5. The number of aromatic hydroxyl groups is 1. The molecule has 5 nitrogen and oxygen atoms in total. The molecule has 5 aromatic rings. The molecule has 2 aliphatic heterocycles. The van der Waals surface area contributed by atoms with Gasteiger partial charge in [0.1, 0.15) is 17.2 Å². The fraction of sp³-hybridized carbons (Fsp3) is 0.388. The molecule has 0 bridgehead atoms. The molecule has 0 spiro atoms. The largest absolute Gasteiger partial charge is 0.507 e. The van der Waals surface area contributed by atoms with Crippen molar-refractivity contribution < 1.29 is 23.2 Å². The van der Waals surface area contributed by atoms with Crippen molar-refractivity contribution in [1.29, 1.82) is 0 Å². The summed E-state index contributed by atoms with van der Waals surface area (Å²) in [7, 11) is -4.21. The Morgan fingerprint density at radius 2 is 1.12 bits per heavy atom. The summed E-state index contributed by atoms with van der Waals surface area (Å²) in [5.74, 6) is 1.94. The van der Waals surface area contributed by atoms with Crippen LogP contribution in [-0.2, 0) is 26.1 Å². The van der Waals surface area contributed by atoms with Crippen molar-refractivity contribution >= 4 is 26.4 Å². The molecule has 7 heteroatoms. The third-order valence-corrected chi connectivity index (χ3v) is 14.5. The van der Waals surface area contributed by atoms with Crippen LogP contribution >= 0.6 is 15.7 Å². The second kappa shape index (κ2) is 18.1. The Bertz CT molecular complexity index is 2110. The Labute approximate surface area is 337 Å². The first-order valence-electron chi connectivity index (χ1n) is 20.4. The molecule has 0 radical (unpaired) electrons. The molecule has 0 aliphatic carbocycles. The zero-order valence-corrected chi connectivity index (χ0v) is 36.2.